The van der Waals surface area contributed by atoms with Gasteiger partial charge in [0.2, 0.25) is 0 Å². The number of ether oxygens (including phenoxy) is 1. The molecule has 1 saturated heterocycles. The van der Waals surface area contributed by atoms with Crippen LogP contribution in [0.4, 0.5) is 5.82 Å². The van der Waals surface area contributed by atoms with E-state index in [1.54, 1.807) is 6.92 Å². The second kappa shape index (κ2) is 6.55. The third-order valence-corrected chi connectivity index (χ3v) is 3.60. The van der Waals surface area contributed by atoms with Crippen LogP contribution in [-0.4, -0.2) is 61.0 Å². The van der Waals surface area contributed by atoms with E-state index in [1.807, 2.05) is 0 Å². The minimum atomic E-state index is -1.56. The van der Waals surface area contributed by atoms with Gasteiger partial charge in [0.05, 0.1) is 6.61 Å². The Balaban J connectivity index is 2.53. The van der Waals surface area contributed by atoms with Gasteiger partial charge in [-0.1, -0.05) is 6.08 Å². The van der Waals surface area contributed by atoms with E-state index >= 15 is 0 Å². The number of hydrogen-bond acceptors (Lipinski definition) is 8. The number of aliphatic hydroxyl groups is 4. The van der Waals surface area contributed by atoms with E-state index in [1.165, 1.54) is 18.3 Å². The van der Waals surface area contributed by atoms with Crippen LogP contribution in [0.3, 0.4) is 0 Å². The number of aromatic nitrogens is 2. The van der Waals surface area contributed by atoms with Gasteiger partial charge in [-0.3, -0.25) is 4.57 Å². The molecule has 1 aromatic heterocycles. The van der Waals surface area contributed by atoms with Crippen molar-refractivity contribution in [1.29, 1.82) is 0 Å². The molecule has 9 nitrogen and oxygen atoms in total. The highest BCUT2D eigenvalue weighted by Crippen LogP contribution is 2.30. The molecule has 2 rings (SSSR count). The van der Waals surface area contributed by atoms with Crippen molar-refractivity contribution >= 4 is 5.82 Å². The van der Waals surface area contributed by atoms with Crippen molar-refractivity contribution in [3.05, 3.63) is 34.4 Å². The van der Waals surface area contributed by atoms with Gasteiger partial charge < -0.3 is 30.9 Å². The largest absolute Gasteiger partial charge is 0.394 e. The highest BCUT2D eigenvalue weighted by molar-refractivity contribution is 5.25. The van der Waals surface area contributed by atoms with E-state index in [0.717, 1.165) is 4.57 Å². The van der Waals surface area contributed by atoms with Gasteiger partial charge in [0, 0.05) is 11.8 Å². The molecule has 0 spiro atoms. The fourth-order valence-electron chi connectivity index (χ4n) is 2.37. The fraction of sp³-hybridized carbons (Fsp3) is 0.538. The molecule has 5 atom stereocenters. The Morgan fingerprint density at radius 1 is 1.41 bits per heavy atom. The molecule has 1 aliphatic heterocycles. The molecule has 1 fully saturated rings. The maximum Gasteiger partial charge on any atom is 0.351 e. The normalized spacial score (nSPS) is 34.6. The first-order valence-electron chi connectivity index (χ1n) is 6.72. The van der Waals surface area contributed by atoms with Crippen molar-refractivity contribution in [2.45, 2.75) is 37.6 Å². The van der Waals surface area contributed by atoms with Crippen molar-refractivity contribution in [2.75, 3.05) is 12.3 Å². The number of hydrogen-bond donors (Lipinski definition) is 5. The van der Waals surface area contributed by atoms with Crippen molar-refractivity contribution in [3.8, 4) is 0 Å². The van der Waals surface area contributed by atoms with Gasteiger partial charge in [-0.25, -0.2) is 4.79 Å². The van der Waals surface area contributed by atoms with Gasteiger partial charge in [0.25, 0.3) is 0 Å². The predicted octanol–water partition coefficient (Wildman–Crippen LogP) is -2.26. The van der Waals surface area contributed by atoms with Gasteiger partial charge in [-0.15, -0.1) is 0 Å². The van der Waals surface area contributed by atoms with Crippen LogP contribution < -0.4 is 11.4 Å². The topological polar surface area (TPSA) is 151 Å². The van der Waals surface area contributed by atoms with E-state index in [0.29, 0.717) is 0 Å². The number of nitrogen functional groups attached to an aromatic ring is 1. The van der Waals surface area contributed by atoms with Gasteiger partial charge in [-0.2, -0.15) is 4.98 Å². The lowest BCUT2D eigenvalue weighted by atomic mass is 9.98. The summed E-state index contributed by atoms with van der Waals surface area (Å²) < 4.78 is 6.58. The van der Waals surface area contributed by atoms with Crippen molar-refractivity contribution in [2.24, 2.45) is 0 Å². The maximum atomic E-state index is 12.0. The number of aliphatic hydroxyl groups excluding tert-OH is 4. The Morgan fingerprint density at radius 2 is 2.09 bits per heavy atom. The molecule has 0 aromatic carbocycles. The van der Waals surface area contributed by atoms with Crippen LogP contribution in [0, 0.1) is 0 Å². The zero-order valence-electron chi connectivity index (χ0n) is 11.9. The van der Waals surface area contributed by atoms with E-state index < -0.39 is 42.9 Å². The first-order valence-corrected chi connectivity index (χ1v) is 6.72. The smallest absolute Gasteiger partial charge is 0.351 e. The second-order valence-electron chi connectivity index (χ2n) is 4.97. The van der Waals surface area contributed by atoms with Gasteiger partial charge in [0.1, 0.15) is 30.2 Å². The number of rotatable bonds is 2. The summed E-state index contributed by atoms with van der Waals surface area (Å²) in [5.41, 5.74) is 4.87. The fourth-order valence-corrected chi connectivity index (χ4v) is 2.37. The summed E-state index contributed by atoms with van der Waals surface area (Å²) in [6.07, 6.45) is -4.08. The highest BCUT2D eigenvalue weighted by atomic mass is 16.5. The molecule has 22 heavy (non-hydrogen) atoms. The molecule has 2 heterocycles. The van der Waals surface area contributed by atoms with Crippen LogP contribution in [-0.2, 0) is 4.74 Å². The maximum absolute atomic E-state index is 12.0. The molecule has 1 aromatic rings. The molecule has 6 N–H and O–H groups in total. The quantitative estimate of drug-likeness (QED) is 0.384. The molecule has 122 valence electrons. The first-order chi connectivity index (χ1) is 10.4. The summed E-state index contributed by atoms with van der Waals surface area (Å²) >= 11 is 0. The Hall–Kier alpha value is -1.78. The molecule has 0 aliphatic carbocycles. The average molecular weight is 313 g/mol. The third kappa shape index (κ3) is 2.89. The SMILES string of the molecule is C/C=C1\[C@H](n2ccc(N)nc2=O)O[C@H](CO)[C@@H](O)[C@@H](O)[C@H]1O. The van der Waals surface area contributed by atoms with Crippen LogP contribution in [0.15, 0.2) is 28.7 Å². The molecule has 0 saturated carbocycles. The minimum Gasteiger partial charge on any atom is -0.394 e. The summed E-state index contributed by atoms with van der Waals surface area (Å²) in [5.74, 6) is 0.0243. The summed E-state index contributed by atoms with van der Waals surface area (Å²) in [6.45, 7) is 0.985. The number of anilines is 1. The van der Waals surface area contributed by atoms with Crippen LogP contribution >= 0.6 is 0 Å². The summed E-state index contributed by atoms with van der Waals surface area (Å²) in [5, 5.41) is 39.4. The van der Waals surface area contributed by atoms with E-state index in [4.69, 9.17) is 10.5 Å². The van der Waals surface area contributed by atoms with Gasteiger partial charge in [-0.05, 0) is 13.0 Å². The standard InChI is InChI=1S/C13H19N3O6/c1-2-6-9(18)11(20)10(19)7(5-17)22-12(6)16-4-3-8(14)15-13(16)21/h2-4,7,9-12,17-20H,5H2,1H3,(H2,14,15,21)/b6-2-/t7-,9+,10-,11+,12-/m1/s1. The van der Waals surface area contributed by atoms with Crippen molar-refractivity contribution in [3.63, 3.8) is 0 Å². The Labute approximate surface area is 125 Å². The highest BCUT2D eigenvalue weighted by Gasteiger charge is 2.42. The number of nitrogens with zero attached hydrogens (tertiary/aromatic N) is 2. The lowest BCUT2D eigenvalue weighted by molar-refractivity contribution is -0.130. The third-order valence-electron chi connectivity index (χ3n) is 3.60. The Kier molecular flexibility index (Phi) is 4.94. The van der Waals surface area contributed by atoms with Crippen LogP contribution in [0.1, 0.15) is 13.2 Å². The van der Waals surface area contributed by atoms with Crippen LogP contribution in [0.25, 0.3) is 0 Å². The second-order valence-corrected chi connectivity index (χ2v) is 4.97. The molecule has 0 radical (unpaired) electrons. The van der Waals surface area contributed by atoms with E-state index in [9.17, 15) is 25.2 Å². The molecule has 0 amide bonds. The van der Waals surface area contributed by atoms with Gasteiger partial charge >= 0.3 is 5.69 Å². The first kappa shape index (κ1) is 16.6. The monoisotopic (exact) mass is 313 g/mol. The molecule has 0 unspecified atom stereocenters. The molecule has 9 heteroatoms. The van der Waals surface area contributed by atoms with Crippen LogP contribution in [0.5, 0.6) is 0 Å². The Morgan fingerprint density at radius 3 is 2.64 bits per heavy atom. The summed E-state index contributed by atoms with van der Waals surface area (Å²) in [6, 6.07) is 1.37. The zero-order chi connectivity index (χ0) is 16.4. The molecular formula is C13H19N3O6. The van der Waals surface area contributed by atoms with Crippen molar-refractivity contribution in [1.82, 2.24) is 9.55 Å². The summed E-state index contributed by atoms with van der Waals surface area (Å²) in [7, 11) is 0. The molecule has 0 bridgehead atoms. The average Bonchev–Trinajstić information content (AvgIpc) is 2.57. The van der Waals surface area contributed by atoms with E-state index in [2.05, 4.69) is 4.98 Å². The molecular weight excluding hydrogens is 294 g/mol. The van der Waals surface area contributed by atoms with Crippen LogP contribution in [0.2, 0.25) is 0 Å². The lowest BCUT2D eigenvalue weighted by Gasteiger charge is -2.25. The van der Waals surface area contributed by atoms with E-state index in [-0.39, 0.29) is 11.4 Å². The minimum absolute atomic E-state index is 0.0243. The summed E-state index contributed by atoms with van der Waals surface area (Å²) in [4.78, 5) is 15.5. The molecule has 1 aliphatic rings. The van der Waals surface area contributed by atoms with Gasteiger partial charge in [0.15, 0.2) is 6.23 Å². The Bertz CT molecular complexity index is 616. The predicted molar refractivity (Wildman–Crippen MR) is 75.7 cm³/mol. The van der Waals surface area contributed by atoms with Crippen molar-refractivity contribution < 1.29 is 25.2 Å². The zero-order valence-corrected chi connectivity index (χ0v) is 11.9. The number of allylic oxidation sites excluding steroid dienone is 1. The lowest BCUT2D eigenvalue weighted by Crippen LogP contribution is -2.44. The number of nitrogens with two attached hydrogens (primary N) is 1.